The molecule has 0 unspecified atom stereocenters. The number of hydrogen-bond acceptors (Lipinski definition) is 3. The average molecular weight is 270 g/mol. The van der Waals surface area contributed by atoms with E-state index in [1.807, 2.05) is 0 Å². The van der Waals surface area contributed by atoms with Crippen molar-refractivity contribution in [2.24, 2.45) is 0 Å². The lowest BCUT2D eigenvalue weighted by atomic mass is 10.1. The summed E-state index contributed by atoms with van der Waals surface area (Å²) in [5.74, 6) is -1.12. The highest BCUT2D eigenvalue weighted by atomic mass is 32.2. The van der Waals surface area contributed by atoms with E-state index >= 15 is 0 Å². The van der Waals surface area contributed by atoms with E-state index in [1.165, 1.54) is 30.8 Å². The monoisotopic (exact) mass is 270 g/mol. The van der Waals surface area contributed by atoms with E-state index < -0.39 is 17.2 Å². The smallest absolute Gasteiger partial charge is 0.185 e. The summed E-state index contributed by atoms with van der Waals surface area (Å²) in [4.78, 5) is 21.2. The van der Waals surface area contributed by atoms with Gasteiger partial charge in [-0.15, -0.1) is 0 Å². The van der Waals surface area contributed by atoms with Crippen molar-refractivity contribution in [1.29, 1.82) is 0 Å². The fourth-order valence-corrected chi connectivity index (χ4v) is 1.85. The quantitative estimate of drug-likeness (QED) is 0.607. The van der Waals surface area contributed by atoms with Crippen LogP contribution in [-0.2, 0) is 4.79 Å². The Morgan fingerprint density at radius 3 is 2.72 bits per heavy atom. The van der Waals surface area contributed by atoms with E-state index in [2.05, 4.69) is 0 Å². The fourth-order valence-electron chi connectivity index (χ4n) is 1.30. The van der Waals surface area contributed by atoms with Crippen LogP contribution < -0.4 is 0 Å². The maximum absolute atomic E-state index is 13.6. The highest BCUT2D eigenvalue weighted by Crippen LogP contribution is 2.17. The van der Waals surface area contributed by atoms with E-state index in [1.54, 1.807) is 6.08 Å². The molecule has 0 atom stereocenters. The van der Waals surface area contributed by atoms with E-state index in [-0.39, 0.29) is 17.0 Å². The Bertz CT molecular complexity index is 484. The molecule has 0 saturated heterocycles. The van der Waals surface area contributed by atoms with Gasteiger partial charge in [0.1, 0.15) is 11.6 Å². The Morgan fingerprint density at radius 1 is 1.39 bits per heavy atom. The summed E-state index contributed by atoms with van der Waals surface area (Å²) in [6.07, 6.45) is 3.91. The number of rotatable bonds is 5. The maximum Gasteiger partial charge on any atom is 0.185 e. The van der Waals surface area contributed by atoms with Gasteiger partial charge in [0.25, 0.3) is 0 Å². The molecule has 0 radical (unpaired) electrons. The lowest BCUT2D eigenvalue weighted by molar-refractivity contribution is -0.109. The highest BCUT2D eigenvalue weighted by Gasteiger charge is 2.10. The van der Waals surface area contributed by atoms with Crippen LogP contribution in [-0.4, -0.2) is 17.2 Å². The van der Waals surface area contributed by atoms with Gasteiger partial charge in [-0.25, -0.2) is 8.78 Å². The molecule has 0 aliphatic carbocycles. The van der Waals surface area contributed by atoms with Gasteiger partial charge in [-0.05, 0) is 18.6 Å². The van der Waals surface area contributed by atoms with Gasteiger partial charge in [-0.2, -0.15) is 0 Å². The first-order chi connectivity index (χ1) is 8.56. The topological polar surface area (TPSA) is 34.1 Å². The predicted octanol–water partition coefficient (Wildman–Crippen LogP) is 3.46. The number of carbonyl (C=O) groups excluding carboxylic acids is 2. The minimum absolute atomic E-state index is 0.0274. The van der Waals surface area contributed by atoms with Crippen LogP contribution >= 0.6 is 11.8 Å². The third-order valence-electron chi connectivity index (χ3n) is 2.16. The molecule has 0 saturated carbocycles. The third-order valence-corrected chi connectivity index (χ3v) is 3.01. The van der Waals surface area contributed by atoms with Gasteiger partial charge in [0.2, 0.25) is 0 Å². The summed E-state index contributed by atoms with van der Waals surface area (Å²) in [7, 11) is 0. The number of benzene rings is 1. The molecule has 0 heterocycles. The summed E-state index contributed by atoms with van der Waals surface area (Å²) in [6.45, 7) is 1.48. The Kier molecular flexibility index (Phi) is 5.71. The average Bonchev–Trinajstić information content (AvgIpc) is 2.31. The van der Waals surface area contributed by atoms with E-state index in [4.69, 9.17) is 0 Å². The van der Waals surface area contributed by atoms with Crippen molar-refractivity contribution < 1.29 is 18.4 Å². The summed E-state index contributed by atoms with van der Waals surface area (Å²) >= 11 is 1.18. The lowest BCUT2D eigenvalue weighted by Gasteiger charge is -2.01. The van der Waals surface area contributed by atoms with E-state index in [0.717, 1.165) is 6.07 Å². The first-order valence-electron chi connectivity index (χ1n) is 5.29. The van der Waals surface area contributed by atoms with Gasteiger partial charge in [0, 0.05) is 18.2 Å². The molecule has 0 aliphatic rings. The van der Waals surface area contributed by atoms with Crippen LogP contribution in [0.4, 0.5) is 8.78 Å². The molecule has 96 valence electrons. The zero-order chi connectivity index (χ0) is 13.5. The zero-order valence-electron chi connectivity index (χ0n) is 9.78. The summed E-state index contributed by atoms with van der Waals surface area (Å²) in [5, 5.41) is 0.0274. The van der Waals surface area contributed by atoms with Crippen LogP contribution in [0.3, 0.4) is 0 Å². The molecule has 1 rings (SSSR count). The standard InChI is InChI=1S/C13H12F2O2S/c1-9(17)18-7-3-2-4-10-5-6-12(14)11(8-16)13(10)15/h2,4-6,8H,3,7H2,1H3. The molecular weight excluding hydrogens is 258 g/mol. The molecule has 0 spiro atoms. The minimum atomic E-state index is -0.869. The summed E-state index contributed by atoms with van der Waals surface area (Å²) in [6, 6.07) is 2.32. The predicted molar refractivity (Wildman–Crippen MR) is 68.5 cm³/mol. The minimum Gasteiger partial charge on any atom is -0.298 e. The molecule has 1 aromatic rings. The van der Waals surface area contributed by atoms with Gasteiger partial charge < -0.3 is 0 Å². The Morgan fingerprint density at radius 2 is 2.11 bits per heavy atom. The van der Waals surface area contributed by atoms with E-state index in [9.17, 15) is 18.4 Å². The number of aldehydes is 1. The van der Waals surface area contributed by atoms with Gasteiger partial charge in [0.05, 0.1) is 5.56 Å². The van der Waals surface area contributed by atoms with Gasteiger partial charge in [0.15, 0.2) is 11.4 Å². The fraction of sp³-hybridized carbons (Fsp3) is 0.231. The van der Waals surface area contributed by atoms with Crippen molar-refractivity contribution in [1.82, 2.24) is 0 Å². The first kappa shape index (κ1) is 14.6. The molecular formula is C13H12F2O2S. The first-order valence-corrected chi connectivity index (χ1v) is 6.28. The van der Waals surface area contributed by atoms with Crippen LogP contribution in [0.1, 0.15) is 29.3 Å². The van der Waals surface area contributed by atoms with Gasteiger partial charge >= 0.3 is 0 Å². The number of hydrogen-bond donors (Lipinski definition) is 0. The van der Waals surface area contributed by atoms with Crippen LogP contribution in [0.5, 0.6) is 0 Å². The van der Waals surface area contributed by atoms with Gasteiger partial charge in [-0.1, -0.05) is 23.9 Å². The van der Waals surface area contributed by atoms with Crippen LogP contribution in [0.15, 0.2) is 18.2 Å². The Labute approximate surface area is 108 Å². The molecule has 0 bridgehead atoms. The summed E-state index contributed by atoms with van der Waals surface area (Å²) < 4.78 is 26.6. The number of halogens is 2. The molecule has 0 fully saturated rings. The maximum atomic E-state index is 13.6. The lowest BCUT2D eigenvalue weighted by Crippen LogP contribution is -1.96. The SMILES string of the molecule is CC(=O)SCCC=Cc1ccc(F)c(C=O)c1F. The summed E-state index contributed by atoms with van der Waals surface area (Å²) in [5.41, 5.74) is -0.401. The second-order valence-electron chi connectivity index (χ2n) is 3.51. The number of thioether (sulfide) groups is 1. The van der Waals surface area contributed by atoms with Crippen molar-refractivity contribution in [3.05, 3.63) is 41.0 Å². The Hall–Kier alpha value is -1.49. The second kappa shape index (κ2) is 7.06. The second-order valence-corrected chi connectivity index (χ2v) is 4.79. The Balaban J connectivity index is 2.70. The molecule has 0 aliphatic heterocycles. The number of carbonyl (C=O) groups is 2. The molecule has 2 nitrogen and oxygen atoms in total. The van der Waals surface area contributed by atoms with E-state index in [0.29, 0.717) is 12.2 Å². The van der Waals surface area contributed by atoms with Crippen molar-refractivity contribution in [2.45, 2.75) is 13.3 Å². The van der Waals surface area contributed by atoms with Crippen molar-refractivity contribution >= 4 is 29.2 Å². The molecule has 0 aromatic heterocycles. The molecule has 0 amide bonds. The van der Waals surface area contributed by atoms with Crippen molar-refractivity contribution in [3.63, 3.8) is 0 Å². The van der Waals surface area contributed by atoms with Crippen LogP contribution in [0.2, 0.25) is 0 Å². The molecule has 1 aromatic carbocycles. The largest absolute Gasteiger partial charge is 0.298 e. The zero-order valence-corrected chi connectivity index (χ0v) is 10.6. The van der Waals surface area contributed by atoms with Crippen molar-refractivity contribution in [2.75, 3.05) is 5.75 Å². The normalized spacial score (nSPS) is 10.8. The number of allylic oxidation sites excluding steroid dienone is 1. The van der Waals surface area contributed by atoms with Crippen LogP contribution in [0.25, 0.3) is 6.08 Å². The highest BCUT2D eigenvalue weighted by molar-refractivity contribution is 8.13. The van der Waals surface area contributed by atoms with Crippen molar-refractivity contribution in [3.8, 4) is 0 Å². The molecule has 18 heavy (non-hydrogen) atoms. The third kappa shape index (κ3) is 4.07. The molecule has 0 N–H and O–H groups in total. The van der Waals surface area contributed by atoms with Gasteiger partial charge in [-0.3, -0.25) is 9.59 Å². The van der Waals surface area contributed by atoms with Crippen LogP contribution in [0, 0.1) is 11.6 Å². The molecule has 5 heteroatoms.